The van der Waals surface area contributed by atoms with Crippen molar-refractivity contribution in [3.63, 3.8) is 0 Å². The Morgan fingerprint density at radius 2 is 1.89 bits per heavy atom. The van der Waals surface area contributed by atoms with E-state index in [9.17, 15) is 9.59 Å². The lowest BCUT2D eigenvalue weighted by Crippen LogP contribution is -2.13. The average Bonchev–Trinajstić information content (AvgIpc) is 3.05. The average molecular weight is 385 g/mol. The van der Waals surface area contributed by atoms with Crippen molar-refractivity contribution in [3.05, 3.63) is 70.4 Å². The van der Waals surface area contributed by atoms with Crippen LogP contribution in [-0.2, 0) is 4.74 Å². The number of nitrogens with one attached hydrogen (secondary N) is 1. The minimum atomic E-state index is -0.563. The van der Waals surface area contributed by atoms with Gasteiger partial charge in [-0.2, -0.15) is 5.10 Å². The molecule has 0 radical (unpaired) electrons. The van der Waals surface area contributed by atoms with Crippen LogP contribution in [0.1, 0.15) is 26.3 Å². The first kappa shape index (κ1) is 18.5. The Bertz CT molecular complexity index is 1010. The number of rotatable bonds is 4. The van der Waals surface area contributed by atoms with Crippen LogP contribution in [0.3, 0.4) is 0 Å². The normalized spacial score (nSPS) is 10.5. The molecule has 138 valence electrons. The predicted molar refractivity (Wildman–Crippen MR) is 103 cm³/mol. The standard InChI is InChI=1S/C19H17ClN4O3/c1-11-3-6-13(20)9-16(11)23-18(25)12-4-7-14(8-5-12)24-17(21)15(10-22-24)19(26)27-2/h3-10H,21H2,1-2H3,(H,23,25). The number of nitrogen functional groups attached to an aromatic ring is 1. The molecule has 8 heteroatoms. The summed E-state index contributed by atoms with van der Waals surface area (Å²) in [4.78, 5) is 24.1. The minimum Gasteiger partial charge on any atom is -0.465 e. The third-order valence-electron chi connectivity index (χ3n) is 4.03. The molecule has 0 aliphatic heterocycles. The van der Waals surface area contributed by atoms with Gasteiger partial charge in [0, 0.05) is 16.3 Å². The summed E-state index contributed by atoms with van der Waals surface area (Å²) >= 11 is 5.98. The number of nitrogens with two attached hydrogens (primary N) is 1. The second kappa shape index (κ2) is 7.51. The summed E-state index contributed by atoms with van der Waals surface area (Å²) in [6.45, 7) is 1.88. The fourth-order valence-electron chi connectivity index (χ4n) is 2.51. The second-order valence-electron chi connectivity index (χ2n) is 5.81. The number of carbonyl (C=O) groups excluding carboxylic acids is 2. The number of nitrogens with zero attached hydrogens (tertiary/aromatic N) is 2. The van der Waals surface area contributed by atoms with Gasteiger partial charge < -0.3 is 15.8 Å². The molecule has 1 heterocycles. The zero-order valence-corrected chi connectivity index (χ0v) is 15.4. The highest BCUT2D eigenvalue weighted by atomic mass is 35.5. The molecule has 7 nitrogen and oxygen atoms in total. The molecule has 0 bridgehead atoms. The fourth-order valence-corrected chi connectivity index (χ4v) is 2.68. The lowest BCUT2D eigenvalue weighted by atomic mass is 10.1. The molecular formula is C19H17ClN4O3. The van der Waals surface area contributed by atoms with Crippen LogP contribution in [-0.4, -0.2) is 28.8 Å². The minimum absolute atomic E-state index is 0.161. The van der Waals surface area contributed by atoms with Gasteiger partial charge in [0.1, 0.15) is 11.4 Å². The van der Waals surface area contributed by atoms with E-state index < -0.39 is 5.97 Å². The zero-order chi connectivity index (χ0) is 19.6. The van der Waals surface area contributed by atoms with Gasteiger partial charge >= 0.3 is 5.97 Å². The number of anilines is 2. The number of hydrogen-bond acceptors (Lipinski definition) is 5. The molecule has 0 spiro atoms. The van der Waals surface area contributed by atoms with Gasteiger partial charge in [0.05, 0.1) is 19.0 Å². The maximum absolute atomic E-state index is 12.5. The van der Waals surface area contributed by atoms with Crippen molar-refractivity contribution in [2.45, 2.75) is 6.92 Å². The highest BCUT2D eigenvalue weighted by molar-refractivity contribution is 6.31. The van der Waals surface area contributed by atoms with E-state index in [-0.39, 0.29) is 17.3 Å². The summed E-state index contributed by atoms with van der Waals surface area (Å²) in [6, 6.07) is 11.9. The summed E-state index contributed by atoms with van der Waals surface area (Å²) in [5, 5.41) is 7.47. The molecule has 0 fully saturated rings. The topological polar surface area (TPSA) is 99.2 Å². The van der Waals surface area contributed by atoms with Crippen LogP contribution in [0.15, 0.2) is 48.7 Å². The van der Waals surface area contributed by atoms with Gasteiger partial charge in [-0.25, -0.2) is 9.48 Å². The zero-order valence-electron chi connectivity index (χ0n) is 14.7. The summed E-state index contributed by atoms with van der Waals surface area (Å²) < 4.78 is 6.05. The Morgan fingerprint density at radius 1 is 1.19 bits per heavy atom. The first-order valence-corrected chi connectivity index (χ1v) is 8.38. The van der Waals surface area contributed by atoms with Gasteiger partial charge in [-0.15, -0.1) is 0 Å². The largest absolute Gasteiger partial charge is 0.465 e. The smallest absolute Gasteiger partial charge is 0.343 e. The molecule has 0 unspecified atom stereocenters. The van der Waals surface area contributed by atoms with Gasteiger partial charge in [-0.3, -0.25) is 4.79 Å². The monoisotopic (exact) mass is 384 g/mol. The van der Waals surface area contributed by atoms with Gasteiger partial charge in [-0.1, -0.05) is 17.7 Å². The number of benzene rings is 2. The summed E-state index contributed by atoms with van der Waals surface area (Å²) in [5.41, 5.74) is 8.75. The molecule has 0 aliphatic carbocycles. The number of methoxy groups -OCH3 is 1. The van der Waals surface area contributed by atoms with E-state index >= 15 is 0 Å². The Morgan fingerprint density at radius 3 is 2.56 bits per heavy atom. The van der Waals surface area contributed by atoms with Gasteiger partial charge in [0.2, 0.25) is 0 Å². The molecule has 0 aliphatic rings. The van der Waals surface area contributed by atoms with E-state index in [1.165, 1.54) is 18.0 Å². The first-order chi connectivity index (χ1) is 12.9. The Labute approximate surface area is 160 Å². The number of halogens is 1. The number of amides is 1. The van der Waals surface area contributed by atoms with Crippen LogP contribution in [0.25, 0.3) is 5.69 Å². The molecule has 3 N–H and O–H groups in total. The van der Waals surface area contributed by atoms with Crippen LogP contribution in [0, 0.1) is 6.92 Å². The summed E-state index contributed by atoms with van der Waals surface area (Å²) in [6.07, 6.45) is 1.34. The third-order valence-corrected chi connectivity index (χ3v) is 4.27. The van der Waals surface area contributed by atoms with E-state index in [4.69, 9.17) is 17.3 Å². The molecule has 27 heavy (non-hydrogen) atoms. The quantitative estimate of drug-likeness (QED) is 0.671. The van der Waals surface area contributed by atoms with E-state index in [1.54, 1.807) is 36.4 Å². The van der Waals surface area contributed by atoms with Crippen LogP contribution < -0.4 is 11.1 Å². The van der Waals surface area contributed by atoms with Crippen molar-refractivity contribution in [1.29, 1.82) is 0 Å². The van der Waals surface area contributed by atoms with Crippen LogP contribution in [0.2, 0.25) is 5.02 Å². The molecule has 2 aromatic carbocycles. The molecule has 1 amide bonds. The number of esters is 1. The number of aryl methyl sites for hydroxylation is 1. The van der Waals surface area contributed by atoms with Crippen LogP contribution in [0.5, 0.6) is 0 Å². The molecule has 0 saturated heterocycles. The van der Waals surface area contributed by atoms with E-state index in [0.717, 1.165) is 5.56 Å². The van der Waals surface area contributed by atoms with Crippen molar-refractivity contribution in [1.82, 2.24) is 9.78 Å². The van der Waals surface area contributed by atoms with Crippen molar-refractivity contribution < 1.29 is 14.3 Å². The summed E-state index contributed by atoms with van der Waals surface area (Å²) in [5.74, 6) is -0.671. The second-order valence-corrected chi connectivity index (χ2v) is 6.24. The van der Waals surface area contributed by atoms with Crippen molar-refractivity contribution in [2.24, 2.45) is 0 Å². The van der Waals surface area contributed by atoms with Crippen molar-refractivity contribution in [3.8, 4) is 5.69 Å². The van der Waals surface area contributed by atoms with Gasteiger partial charge in [-0.05, 0) is 48.9 Å². The summed E-state index contributed by atoms with van der Waals surface area (Å²) in [7, 11) is 1.27. The molecule has 0 atom stereocenters. The predicted octanol–water partition coefficient (Wildman–Crippen LogP) is 3.46. The lowest BCUT2D eigenvalue weighted by molar-refractivity contribution is 0.0602. The first-order valence-electron chi connectivity index (χ1n) is 8.00. The molecular weight excluding hydrogens is 368 g/mol. The Hall–Kier alpha value is -3.32. The number of carbonyl (C=O) groups is 2. The molecule has 3 aromatic rings. The van der Waals surface area contributed by atoms with Gasteiger partial charge in [0.15, 0.2) is 0 Å². The highest BCUT2D eigenvalue weighted by Crippen LogP contribution is 2.22. The van der Waals surface area contributed by atoms with E-state index in [1.807, 2.05) is 13.0 Å². The van der Waals surface area contributed by atoms with Crippen LogP contribution >= 0.6 is 11.6 Å². The number of hydrogen-bond donors (Lipinski definition) is 2. The SMILES string of the molecule is COC(=O)c1cnn(-c2ccc(C(=O)Nc3cc(Cl)ccc3C)cc2)c1N. The maximum Gasteiger partial charge on any atom is 0.343 e. The van der Waals surface area contributed by atoms with Crippen LogP contribution in [0.4, 0.5) is 11.5 Å². The van der Waals surface area contributed by atoms with E-state index in [2.05, 4.69) is 15.2 Å². The van der Waals surface area contributed by atoms with Crippen molar-refractivity contribution in [2.75, 3.05) is 18.2 Å². The van der Waals surface area contributed by atoms with Gasteiger partial charge in [0.25, 0.3) is 5.91 Å². The highest BCUT2D eigenvalue weighted by Gasteiger charge is 2.16. The fraction of sp³-hybridized carbons (Fsp3) is 0.105. The molecule has 3 rings (SSSR count). The maximum atomic E-state index is 12.5. The molecule has 0 saturated carbocycles. The number of ether oxygens (including phenoxy) is 1. The Kier molecular flexibility index (Phi) is 5.14. The number of aromatic nitrogens is 2. The molecule has 1 aromatic heterocycles. The van der Waals surface area contributed by atoms with Crippen molar-refractivity contribution >= 4 is 35.0 Å². The van der Waals surface area contributed by atoms with E-state index in [0.29, 0.717) is 22.0 Å². The third kappa shape index (κ3) is 3.78. The lowest BCUT2D eigenvalue weighted by Gasteiger charge is -2.10. The Balaban J connectivity index is 1.81.